The number of nitrogens with zero attached hydrogens (tertiary/aromatic N) is 3. The van der Waals surface area contributed by atoms with Crippen LogP contribution in [0.25, 0.3) is 0 Å². The molecule has 0 radical (unpaired) electrons. The van der Waals surface area contributed by atoms with Crippen molar-refractivity contribution < 1.29 is 0 Å². The minimum atomic E-state index is 0.193. The molecule has 0 saturated carbocycles. The molecule has 84 valence electrons. The third-order valence-electron chi connectivity index (χ3n) is 2.13. The molecule has 2 N–H and O–H groups in total. The monoisotopic (exact) mass is 244 g/mol. The highest BCUT2D eigenvalue weighted by Gasteiger charge is 2.12. The zero-order chi connectivity index (χ0) is 11.4. The van der Waals surface area contributed by atoms with Crippen LogP contribution in [-0.4, -0.2) is 27.9 Å². The summed E-state index contributed by atoms with van der Waals surface area (Å²) >= 11 is 6.35. The molecule has 0 amide bonds. The molecule has 0 bridgehead atoms. The van der Waals surface area contributed by atoms with E-state index in [1.807, 2.05) is 25.8 Å². The van der Waals surface area contributed by atoms with Crippen molar-refractivity contribution in [3.05, 3.63) is 5.82 Å². The van der Waals surface area contributed by atoms with Crippen molar-refractivity contribution in [2.75, 3.05) is 18.5 Å². The lowest BCUT2D eigenvalue weighted by molar-refractivity contribution is 0.739. The maximum Gasteiger partial charge on any atom is 0.204 e. The van der Waals surface area contributed by atoms with Gasteiger partial charge >= 0.3 is 0 Å². The first kappa shape index (κ1) is 12.3. The molecule has 1 aromatic heterocycles. The summed E-state index contributed by atoms with van der Waals surface area (Å²) in [7, 11) is 1.98. The molecule has 0 spiro atoms. The van der Waals surface area contributed by atoms with E-state index in [9.17, 15) is 0 Å². The smallest absolute Gasteiger partial charge is 0.204 e. The predicted molar refractivity (Wildman–Crippen MR) is 68.5 cm³/mol. The summed E-state index contributed by atoms with van der Waals surface area (Å²) in [5.74, 6) is 1.09. The second kappa shape index (κ2) is 5.37. The fourth-order valence-corrected chi connectivity index (χ4v) is 1.91. The number of rotatable bonds is 5. The minimum absolute atomic E-state index is 0.193. The maximum absolute atomic E-state index is 5.57. The second-order valence-corrected chi connectivity index (χ2v) is 4.73. The number of aryl methyl sites for hydroxylation is 1. The van der Waals surface area contributed by atoms with Gasteiger partial charge in [0, 0.05) is 37.5 Å². The normalized spacial score (nSPS) is 12.5. The molecule has 0 fully saturated rings. The lowest BCUT2D eigenvalue weighted by atomic mass is 10.2. The van der Waals surface area contributed by atoms with Crippen LogP contribution in [0.4, 0.5) is 5.13 Å². The second-order valence-electron chi connectivity index (χ2n) is 3.53. The molecule has 1 atom stereocenters. The minimum Gasteiger partial charge on any atom is -0.393 e. The van der Waals surface area contributed by atoms with Crippen LogP contribution >= 0.6 is 23.8 Å². The van der Waals surface area contributed by atoms with Gasteiger partial charge in [-0.05, 0) is 0 Å². The Bertz CT molecular complexity index is 337. The van der Waals surface area contributed by atoms with Gasteiger partial charge in [-0.2, -0.15) is 4.37 Å². The van der Waals surface area contributed by atoms with E-state index >= 15 is 0 Å². The summed E-state index contributed by atoms with van der Waals surface area (Å²) in [4.78, 5) is 6.98. The van der Waals surface area contributed by atoms with E-state index in [1.54, 1.807) is 0 Å². The Balaban J connectivity index is 2.60. The van der Waals surface area contributed by atoms with Gasteiger partial charge in [-0.15, -0.1) is 0 Å². The first-order valence-electron chi connectivity index (χ1n) is 4.87. The van der Waals surface area contributed by atoms with E-state index in [2.05, 4.69) is 9.36 Å². The van der Waals surface area contributed by atoms with Gasteiger partial charge in [0.2, 0.25) is 5.13 Å². The number of anilines is 1. The van der Waals surface area contributed by atoms with Gasteiger partial charge < -0.3 is 10.6 Å². The van der Waals surface area contributed by atoms with Gasteiger partial charge in [0.15, 0.2) is 0 Å². The molecular formula is C9H16N4S2. The first-order chi connectivity index (χ1) is 7.04. The Morgan fingerprint density at radius 1 is 1.67 bits per heavy atom. The van der Waals surface area contributed by atoms with Gasteiger partial charge in [0.25, 0.3) is 0 Å². The van der Waals surface area contributed by atoms with Crippen LogP contribution in [0.2, 0.25) is 0 Å². The lowest BCUT2D eigenvalue weighted by Crippen LogP contribution is -2.31. The summed E-state index contributed by atoms with van der Waals surface area (Å²) in [5, 5.41) is 0.926. The van der Waals surface area contributed by atoms with Crippen molar-refractivity contribution in [1.82, 2.24) is 9.36 Å². The maximum atomic E-state index is 5.57. The van der Waals surface area contributed by atoms with Crippen molar-refractivity contribution >= 4 is 33.9 Å². The largest absolute Gasteiger partial charge is 0.393 e. The summed E-state index contributed by atoms with van der Waals surface area (Å²) in [6, 6.07) is 0. The van der Waals surface area contributed by atoms with Crippen molar-refractivity contribution in [3.63, 3.8) is 0 Å². The van der Waals surface area contributed by atoms with E-state index in [1.165, 1.54) is 11.5 Å². The highest BCUT2D eigenvalue weighted by atomic mass is 32.1. The number of nitrogens with two attached hydrogens (primary N) is 1. The third-order valence-corrected chi connectivity index (χ3v) is 3.40. The van der Waals surface area contributed by atoms with Gasteiger partial charge in [0.05, 0.1) is 4.99 Å². The van der Waals surface area contributed by atoms with E-state index in [-0.39, 0.29) is 5.92 Å². The molecule has 6 heteroatoms. The molecule has 15 heavy (non-hydrogen) atoms. The van der Waals surface area contributed by atoms with Crippen LogP contribution in [0.5, 0.6) is 0 Å². The fraction of sp³-hybridized carbons (Fsp3) is 0.667. The number of thiocarbonyl (C=S) groups is 1. The molecule has 0 aromatic carbocycles. The van der Waals surface area contributed by atoms with Crippen LogP contribution in [0.15, 0.2) is 0 Å². The summed E-state index contributed by atoms with van der Waals surface area (Å²) < 4.78 is 4.23. The summed E-state index contributed by atoms with van der Waals surface area (Å²) in [6.45, 7) is 4.84. The third kappa shape index (κ3) is 3.39. The highest BCUT2D eigenvalue weighted by Crippen LogP contribution is 2.17. The van der Waals surface area contributed by atoms with Crippen molar-refractivity contribution in [2.45, 2.75) is 20.3 Å². The van der Waals surface area contributed by atoms with Crippen LogP contribution in [0, 0.1) is 5.92 Å². The van der Waals surface area contributed by atoms with E-state index in [4.69, 9.17) is 18.0 Å². The molecule has 0 saturated heterocycles. The Morgan fingerprint density at radius 3 is 2.80 bits per heavy atom. The number of aromatic nitrogens is 2. The summed E-state index contributed by atoms with van der Waals surface area (Å²) in [5.41, 5.74) is 5.57. The quantitative estimate of drug-likeness (QED) is 0.795. The Kier molecular flexibility index (Phi) is 4.41. The Morgan fingerprint density at radius 2 is 2.33 bits per heavy atom. The van der Waals surface area contributed by atoms with Crippen molar-refractivity contribution in [2.24, 2.45) is 11.7 Å². The van der Waals surface area contributed by atoms with Crippen LogP contribution in [-0.2, 0) is 6.42 Å². The zero-order valence-electron chi connectivity index (χ0n) is 9.23. The SMILES string of the molecule is CCc1nsc(N(C)CC(C)C(N)=S)n1. The van der Waals surface area contributed by atoms with Gasteiger partial charge in [0.1, 0.15) is 5.82 Å². The number of hydrogen-bond donors (Lipinski definition) is 1. The first-order valence-corrected chi connectivity index (χ1v) is 6.05. The van der Waals surface area contributed by atoms with Crippen LogP contribution in [0.1, 0.15) is 19.7 Å². The number of hydrogen-bond acceptors (Lipinski definition) is 5. The fourth-order valence-electron chi connectivity index (χ4n) is 1.12. The molecule has 0 aliphatic heterocycles. The Labute approximate surface area is 99.7 Å². The average molecular weight is 244 g/mol. The van der Waals surface area contributed by atoms with Crippen LogP contribution in [0.3, 0.4) is 0 Å². The molecule has 4 nitrogen and oxygen atoms in total. The zero-order valence-corrected chi connectivity index (χ0v) is 10.9. The molecular weight excluding hydrogens is 228 g/mol. The molecule has 0 aliphatic carbocycles. The van der Waals surface area contributed by atoms with Gasteiger partial charge in [-0.1, -0.05) is 26.1 Å². The lowest BCUT2D eigenvalue weighted by Gasteiger charge is -2.19. The van der Waals surface area contributed by atoms with Gasteiger partial charge in [-0.25, -0.2) is 4.98 Å². The predicted octanol–water partition coefficient (Wildman–Crippen LogP) is 1.46. The van der Waals surface area contributed by atoms with Crippen molar-refractivity contribution in [1.29, 1.82) is 0 Å². The van der Waals surface area contributed by atoms with E-state index in [0.29, 0.717) is 4.99 Å². The standard InChI is InChI=1S/C9H16N4S2/c1-4-7-11-9(15-12-7)13(3)5-6(2)8(10)14/h6H,4-5H2,1-3H3,(H2,10,14). The molecule has 0 aliphatic rings. The Hall–Kier alpha value is -0.750. The van der Waals surface area contributed by atoms with Crippen molar-refractivity contribution in [3.8, 4) is 0 Å². The molecule has 1 aromatic rings. The highest BCUT2D eigenvalue weighted by molar-refractivity contribution is 7.80. The topological polar surface area (TPSA) is 55.0 Å². The van der Waals surface area contributed by atoms with Crippen LogP contribution < -0.4 is 10.6 Å². The van der Waals surface area contributed by atoms with Gasteiger partial charge in [-0.3, -0.25) is 0 Å². The average Bonchev–Trinajstić information content (AvgIpc) is 2.65. The molecule has 1 rings (SSSR count). The van der Waals surface area contributed by atoms with E-state index < -0.39 is 0 Å². The molecule has 1 heterocycles. The van der Waals surface area contributed by atoms with E-state index in [0.717, 1.165) is 23.9 Å². The summed E-state index contributed by atoms with van der Waals surface area (Å²) in [6.07, 6.45) is 0.870. The molecule has 1 unspecified atom stereocenters.